The summed E-state index contributed by atoms with van der Waals surface area (Å²) in [6, 6.07) is 0. The Kier molecular flexibility index (Phi) is 6.76. The third-order valence-corrected chi connectivity index (χ3v) is 8.57. The van der Waals surface area contributed by atoms with Gasteiger partial charge in [-0.3, -0.25) is 0 Å². The predicted octanol–water partition coefficient (Wildman–Crippen LogP) is 2.45. The zero-order valence-electron chi connectivity index (χ0n) is 14.5. The highest BCUT2D eigenvalue weighted by Crippen LogP contribution is 2.38. The monoisotopic (exact) mass is 332 g/mol. The van der Waals surface area contributed by atoms with Crippen LogP contribution in [-0.2, 0) is 28.2 Å². The first-order valence-corrected chi connectivity index (χ1v) is 10.2. The molecule has 0 aromatic heterocycles. The highest BCUT2D eigenvalue weighted by Gasteiger charge is 2.45. The second kappa shape index (κ2) is 7.70. The van der Waals surface area contributed by atoms with E-state index < -0.39 is 32.8 Å². The van der Waals surface area contributed by atoms with Gasteiger partial charge in [0.2, 0.25) is 6.29 Å². The third kappa shape index (κ3) is 4.89. The van der Waals surface area contributed by atoms with E-state index in [4.69, 9.17) is 23.4 Å². The standard InChI is InChI=1S/C15H28O6Si/c1-15(2,3)22(6,7)21-13-11(19-10-17-4)8-9-12(16)20-14(13)18-5/h8-9,11,13-14H,10H2,1-7H3/t11-,13+,14+/m0/s1. The van der Waals surface area contributed by atoms with Crippen molar-refractivity contribution in [3.8, 4) is 0 Å². The molecule has 1 aliphatic heterocycles. The molecule has 1 heterocycles. The van der Waals surface area contributed by atoms with E-state index in [2.05, 4.69) is 33.9 Å². The summed E-state index contributed by atoms with van der Waals surface area (Å²) in [5, 5.41) is 0.0110. The number of esters is 1. The summed E-state index contributed by atoms with van der Waals surface area (Å²) in [6.07, 6.45) is 1.13. The molecule has 0 N–H and O–H groups in total. The van der Waals surface area contributed by atoms with Gasteiger partial charge in [0, 0.05) is 20.3 Å². The predicted molar refractivity (Wildman–Crippen MR) is 84.8 cm³/mol. The quantitative estimate of drug-likeness (QED) is 0.423. The molecule has 0 fully saturated rings. The molecule has 3 atom stereocenters. The largest absolute Gasteiger partial charge is 0.430 e. The van der Waals surface area contributed by atoms with Crippen molar-refractivity contribution in [2.75, 3.05) is 21.0 Å². The van der Waals surface area contributed by atoms with Gasteiger partial charge in [0.1, 0.15) is 19.0 Å². The van der Waals surface area contributed by atoms with Crippen molar-refractivity contribution >= 4 is 14.3 Å². The van der Waals surface area contributed by atoms with E-state index in [9.17, 15) is 4.79 Å². The summed E-state index contributed by atoms with van der Waals surface area (Å²) in [4.78, 5) is 11.7. The van der Waals surface area contributed by atoms with Crippen LogP contribution < -0.4 is 0 Å². The minimum atomic E-state index is -2.10. The molecule has 0 radical (unpaired) electrons. The Hall–Kier alpha value is -0.733. The summed E-state index contributed by atoms with van der Waals surface area (Å²) < 4.78 is 27.6. The van der Waals surface area contributed by atoms with E-state index in [0.29, 0.717) is 0 Å². The minimum Gasteiger partial charge on any atom is -0.430 e. The average molecular weight is 332 g/mol. The van der Waals surface area contributed by atoms with Crippen LogP contribution in [0.4, 0.5) is 0 Å². The normalized spacial score (nSPS) is 26.7. The zero-order valence-corrected chi connectivity index (χ0v) is 15.5. The molecule has 0 saturated heterocycles. The highest BCUT2D eigenvalue weighted by atomic mass is 28.4. The van der Waals surface area contributed by atoms with Gasteiger partial charge in [0.05, 0.1) is 0 Å². The van der Waals surface area contributed by atoms with E-state index in [1.807, 2.05) is 0 Å². The van der Waals surface area contributed by atoms with E-state index in [1.165, 1.54) is 13.2 Å². The first-order chi connectivity index (χ1) is 10.1. The van der Waals surface area contributed by atoms with Crippen LogP contribution in [0.25, 0.3) is 0 Å². The number of cyclic esters (lactones) is 1. The molecule has 0 bridgehead atoms. The molecule has 1 aliphatic rings. The molecule has 7 heteroatoms. The van der Waals surface area contributed by atoms with Crippen LogP contribution in [-0.4, -0.2) is 53.8 Å². The van der Waals surface area contributed by atoms with Crippen LogP contribution in [0, 0.1) is 0 Å². The van der Waals surface area contributed by atoms with Gasteiger partial charge < -0.3 is 23.4 Å². The Labute approximate surface area is 133 Å². The number of methoxy groups -OCH3 is 2. The second-order valence-electron chi connectivity index (χ2n) is 6.78. The smallest absolute Gasteiger partial charge is 0.332 e. The van der Waals surface area contributed by atoms with Gasteiger partial charge in [-0.2, -0.15) is 0 Å². The van der Waals surface area contributed by atoms with Crippen LogP contribution in [0.3, 0.4) is 0 Å². The van der Waals surface area contributed by atoms with Crippen molar-refractivity contribution in [3.63, 3.8) is 0 Å². The maximum Gasteiger partial charge on any atom is 0.332 e. The topological polar surface area (TPSA) is 63.2 Å². The molecule has 0 aromatic carbocycles. The Balaban J connectivity index is 3.04. The maximum absolute atomic E-state index is 11.7. The highest BCUT2D eigenvalue weighted by molar-refractivity contribution is 6.74. The molecule has 128 valence electrons. The molecule has 0 aromatic rings. The molecule has 0 unspecified atom stereocenters. The van der Waals surface area contributed by atoms with Gasteiger partial charge in [-0.05, 0) is 24.2 Å². The summed E-state index contributed by atoms with van der Waals surface area (Å²) in [5.41, 5.74) is 0. The number of hydrogen-bond acceptors (Lipinski definition) is 6. The molecular weight excluding hydrogens is 304 g/mol. The van der Waals surface area contributed by atoms with Crippen molar-refractivity contribution in [3.05, 3.63) is 12.2 Å². The van der Waals surface area contributed by atoms with Crippen molar-refractivity contribution < 1.29 is 28.2 Å². The summed E-state index contributed by atoms with van der Waals surface area (Å²) in [5.74, 6) is -0.473. The number of carbonyl (C=O) groups is 1. The fraction of sp³-hybridized carbons (Fsp3) is 0.800. The first-order valence-electron chi connectivity index (χ1n) is 7.32. The summed E-state index contributed by atoms with van der Waals surface area (Å²) >= 11 is 0. The lowest BCUT2D eigenvalue weighted by atomic mass is 10.2. The molecule has 22 heavy (non-hydrogen) atoms. The lowest BCUT2D eigenvalue weighted by molar-refractivity contribution is -0.204. The van der Waals surface area contributed by atoms with Crippen LogP contribution in [0.5, 0.6) is 0 Å². The number of ether oxygens (including phenoxy) is 4. The first kappa shape index (κ1) is 19.3. The summed E-state index contributed by atoms with van der Waals surface area (Å²) in [7, 11) is 0.924. The fourth-order valence-electron chi connectivity index (χ4n) is 1.78. The second-order valence-corrected chi connectivity index (χ2v) is 11.5. The Morgan fingerprint density at radius 3 is 2.41 bits per heavy atom. The third-order valence-electron chi connectivity index (χ3n) is 4.09. The lowest BCUT2D eigenvalue weighted by Gasteiger charge is -2.41. The van der Waals surface area contributed by atoms with E-state index in [-0.39, 0.29) is 11.8 Å². The van der Waals surface area contributed by atoms with Crippen molar-refractivity contribution in [2.24, 2.45) is 0 Å². The van der Waals surface area contributed by atoms with Gasteiger partial charge in [-0.15, -0.1) is 0 Å². The fourth-order valence-corrected chi connectivity index (χ4v) is 3.06. The molecule has 0 saturated carbocycles. The molecule has 1 rings (SSSR count). The van der Waals surface area contributed by atoms with Gasteiger partial charge in [-0.25, -0.2) is 4.79 Å². The van der Waals surface area contributed by atoms with Crippen molar-refractivity contribution in [1.29, 1.82) is 0 Å². The lowest BCUT2D eigenvalue weighted by Crippen LogP contribution is -2.52. The van der Waals surface area contributed by atoms with Crippen LogP contribution in [0.2, 0.25) is 18.1 Å². The number of hydrogen-bond donors (Lipinski definition) is 0. The van der Waals surface area contributed by atoms with Crippen molar-refractivity contribution in [2.45, 2.75) is 57.4 Å². The van der Waals surface area contributed by atoms with Crippen LogP contribution >= 0.6 is 0 Å². The number of rotatable bonds is 6. The minimum absolute atomic E-state index is 0.0110. The summed E-state index contributed by atoms with van der Waals surface area (Å²) in [6.45, 7) is 10.8. The van der Waals surface area contributed by atoms with Crippen LogP contribution in [0.1, 0.15) is 20.8 Å². The van der Waals surface area contributed by atoms with Gasteiger partial charge in [-0.1, -0.05) is 20.8 Å². The molecular formula is C15H28O6Si. The average Bonchev–Trinajstić information content (AvgIpc) is 2.55. The maximum atomic E-state index is 11.7. The van der Waals surface area contributed by atoms with Crippen LogP contribution in [0.15, 0.2) is 12.2 Å². The van der Waals surface area contributed by atoms with Crippen molar-refractivity contribution in [1.82, 2.24) is 0 Å². The van der Waals surface area contributed by atoms with Gasteiger partial charge in [0.25, 0.3) is 0 Å². The molecule has 0 amide bonds. The van der Waals surface area contributed by atoms with Gasteiger partial charge >= 0.3 is 5.97 Å². The Morgan fingerprint density at radius 1 is 1.27 bits per heavy atom. The van der Waals surface area contributed by atoms with E-state index >= 15 is 0 Å². The Morgan fingerprint density at radius 2 is 1.91 bits per heavy atom. The van der Waals surface area contributed by atoms with E-state index in [1.54, 1.807) is 13.2 Å². The van der Waals surface area contributed by atoms with E-state index in [0.717, 1.165) is 0 Å². The molecule has 0 aliphatic carbocycles. The zero-order chi connectivity index (χ0) is 17.0. The Bertz CT molecular complexity index is 401. The SMILES string of the molecule is COCO[C@H]1C=CC(=O)O[C@@H](OC)[C@@H]1O[Si](C)(C)C(C)(C)C. The molecule has 0 spiro atoms. The number of carbonyl (C=O) groups excluding carboxylic acids is 1. The van der Waals surface area contributed by atoms with Gasteiger partial charge in [0.15, 0.2) is 8.32 Å². The molecule has 6 nitrogen and oxygen atoms in total.